The van der Waals surface area contributed by atoms with E-state index in [1.54, 1.807) is 0 Å². The molecule has 3 aliphatic heterocycles. The molecule has 2 atom stereocenters. The molecule has 3 heterocycles. The van der Waals surface area contributed by atoms with E-state index in [0.717, 1.165) is 45.2 Å². The summed E-state index contributed by atoms with van der Waals surface area (Å²) in [7, 11) is 0. The van der Waals surface area contributed by atoms with Crippen LogP contribution in [0.15, 0.2) is 35.3 Å². The van der Waals surface area contributed by atoms with Gasteiger partial charge in [0.15, 0.2) is 5.96 Å². The number of rotatable bonds is 9. The third kappa shape index (κ3) is 7.17. The van der Waals surface area contributed by atoms with E-state index in [1.165, 1.54) is 31.7 Å². The van der Waals surface area contributed by atoms with Crippen LogP contribution in [0.2, 0.25) is 0 Å². The van der Waals surface area contributed by atoms with Crippen molar-refractivity contribution in [3.63, 3.8) is 0 Å². The lowest BCUT2D eigenvalue weighted by Crippen LogP contribution is -2.62. The molecule has 2 unspecified atom stereocenters. The molecule has 0 amide bonds. The first-order valence-corrected chi connectivity index (χ1v) is 10.4. The van der Waals surface area contributed by atoms with Gasteiger partial charge < -0.3 is 15.4 Å². The van der Waals surface area contributed by atoms with Gasteiger partial charge in [-0.2, -0.15) is 0 Å². The lowest BCUT2D eigenvalue weighted by molar-refractivity contribution is 0.0174. The van der Waals surface area contributed by atoms with Crippen molar-refractivity contribution in [2.75, 3.05) is 59.0 Å². The van der Waals surface area contributed by atoms with Gasteiger partial charge in [-0.3, -0.25) is 14.8 Å². The van der Waals surface area contributed by atoms with Gasteiger partial charge in [-0.05, 0) is 25.8 Å². The Bertz CT molecular complexity index is 577. The van der Waals surface area contributed by atoms with Gasteiger partial charge in [0.05, 0.1) is 12.6 Å². The van der Waals surface area contributed by atoms with E-state index in [9.17, 15) is 0 Å². The maximum atomic E-state index is 5.95. The summed E-state index contributed by atoms with van der Waals surface area (Å²) < 4.78 is 5.95. The molecule has 158 valence electrons. The van der Waals surface area contributed by atoms with E-state index in [0.29, 0.717) is 6.04 Å². The largest absolute Gasteiger partial charge is 0.374 e. The number of guanidine groups is 1. The van der Waals surface area contributed by atoms with Crippen LogP contribution in [0.5, 0.6) is 0 Å². The van der Waals surface area contributed by atoms with Gasteiger partial charge in [0.25, 0.3) is 0 Å². The zero-order chi connectivity index (χ0) is 18.9. The highest BCUT2D eigenvalue weighted by Crippen LogP contribution is 2.16. The van der Waals surface area contributed by atoms with E-state index < -0.39 is 0 Å². The minimum atomic E-state index is 0. The first-order valence-electron chi connectivity index (χ1n) is 10.4. The molecule has 6 nitrogen and oxygen atoms in total. The Morgan fingerprint density at radius 2 is 1.93 bits per heavy atom. The molecule has 1 aromatic carbocycles. The van der Waals surface area contributed by atoms with Crippen LogP contribution in [-0.2, 0) is 4.74 Å². The number of piperazine rings is 3. The van der Waals surface area contributed by atoms with Gasteiger partial charge >= 0.3 is 0 Å². The van der Waals surface area contributed by atoms with Crippen molar-refractivity contribution in [1.82, 2.24) is 20.4 Å². The normalized spacial score (nSPS) is 25.1. The molecule has 0 radical (unpaired) electrons. The number of aliphatic imine (C=N–C) groups is 1. The highest BCUT2D eigenvalue weighted by atomic mass is 127. The van der Waals surface area contributed by atoms with Crippen molar-refractivity contribution < 1.29 is 4.74 Å². The lowest BCUT2D eigenvalue weighted by atomic mass is 10.1. The fourth-order valence-electron chi connectivity index (χ4n) is 3.80. The van der Waals surface area contributed by atoms with Crippen LogP contribution in [-0.4, -0.2) is 80.8 Å². The number of ether oxygens (including phenoxy) is 1. The highest BCUT2D eigenvalue weighted by molar-refractivity contribution is 14.0. The van der Waals surface area contributed by atoms with Crippen molar-refractivity contribution in [2.45, 2.75) is 32.4 Å². The molecule has 3 aliphatic rings. The number of hydrogen-bond acceptors (Lipinski definition) is 4. The average Bonchev–Trinajstić information content (AvgIpc) is 2.73. The third-order valence-electron chi connectivity index (χ3n) is 5.45. The smallest absolute Gasteiger partial charge is 0.191 e. The molecular formula is C21H36IN5O. The van der Waals surface area contributed by atoms with E-state index in [4.69, 9.17) is 9.73 Å². The maximum absolute atomic E-state index is 5.95. The van der Waals surface area contributed by atoms with Gasteiger partial charge in [0, 0.05) is 58.5 Å². The van der Waals surface area contributed by atoms with Crippen molar-refractivity contribution in [1.29, 1.82) is 0 Å². The van der Waals surface area contributed by atoms with E-state index >= 15 is 0 Å². The Balaban J connectivity index is 0.00000280. The quantitative estimate of drug-likeness (QED) is 0.236. The monoisotopic (exact) mass is 501 g/mol. The topological polar surface area (TPSA) is 52.1 Å². The van der Waals surface area contributed by atoms with Crippen molar-refractivity contribution in [3.8, 4) is 0 Å². The number of benzene rings is 1. The maximum Gasteiger partial charge on any atom is 0.191 e. The second-order valence-electron chi connectivity index (χ2n) is 7.41. The molecule has 2 N–H and O–H groups in total. The second-order valence-corrected chi connectivity index (χ2v) is 7.41. The van der Waals surface area contributed by atoms with Crippen LogP contribution in [0.4, 0.5) is 0 Å². The molecule has 0 saturated carbocycles. The lowest BCUT2D eigenvalue weighted by Gasteiger charge is -2.47. The van der Waals surface area contributed by atoms with Gasteiger partial charge in [-0.1, -0.05) is 30.3 Å². The number of hydrogen-bond donors (Lipinski definition) is 2. The van der Waals surface area contributed by atoms with Crippen LogP contribution in [0, 0.1) is 0 Å². The van der Waals surface area contributed by atoms with Crippen LogP contribution < -0.4 is 10.6 Å². The first-order chi connectivity index (χ1) is 13.3. The van der Waals surface area contributed by atoms with Crippen LogP contribution in [0.25, 0.3) is 0 Å². The van der Waals surface area contributed by atoms with Crippen LogP contribution >= 0.6 is 24.0 Å². The Labute approximate surface area is 187 Å². The predicted octanol–water partition coefficient (Wildman–Crippen LogP) is 2.33. The molecule has 0 aliphatic carbocycles. The summed E-state index contributed by atoms with van der Waals surface area (Å²) in [5.41, 5.74) is 1.23. The molecule has 2 bridgehead atoms. The van der Waals surface area contributed by atoms with Gasteiger partial charge in [-0.15, -0.1) is 24.0 Å². The Hall–Kier alpha value is -0.900. The van der Waals surface area contributed by atoms with Crippen molar-refractivity contribution in [2.24, 2.45) is 4.99 Å². The third-order valence-corrected chi connectivity index (χ3v) is 5.45. The molecule has 4 rings (SSSR count). The molecule has 1 aromatic rings. The standard InChI is InChI=1S/C21H35N5O.HI/c1-3-22-21(24-16-20-17-25-11-13-26(20)14-12-25)23-10-7-15-27-18(2)19-8-5-4-6-9-19;/h4-6,8-9,18,20H,3,7,10-17H2,1-2H3,(H2,22,23,24);1H. The highest BCUT2D eigenvalue weighted by Gasteiger charge is 2.31. The van der Waals surface area contributed by atoms with Crippen LogP contribution in [0.1, 0.15) is 31.9 Å². The Morgan fingerprint density at radius 1 is 1.18 bits per heavy atom. The van der Waals surface area contributed by atoms with Crippen LogP contribution in [0.3, 0.4) is 0 Å². The summed E-state index contributed by atoms with van der Waals surface area (Å²) in [6.07, 6.45) is 1.10. The summed E-state index contributed by atoms with van der Waals surface area (Å²) in [6, 6.07) is 10.9. The fraction of sp³-hybridized carbons (Fsp3) is 0.667. The molecule has 28 heavy (non-hydrogen) atoms. The molecule has 0 spiro atoms. The van der Waals surface area contributed by atoms with E-state index in [1.807, 2.05) is 6.07 Å². The summed E-state index contributed by atoms with van der Waals surface area (Å²) >= 11 is 0. The Kier molecular flexibility index (Phi) is 10.5. The van der Waals surface area contributed by atoms with Crippen molar-refractivity contribution in [3.05, 3.63) is 35.9 Å². The Morgan fingerprint density at radius 3 is 2.57 bits per heavy atom. The predicted molar refractivity (Wildman–Crippen MR) is 127 cm³/mol. The summed E-state index contributed by atoms with van der Waals surface area (Å²) in [5, 5.41) is 6.80. The van der Waals surface area contributed by atoms with E-state index in [-0.39, 0.29) is 30.1 Å². The van der Waals surface area contributed by atoms with E-state index in [2.05, 4.69) is 58.5 Å². The fourth-order valence-corrected chi connectivity index (χ4v) is 3.80. The minimum absolute atomic E-state index is 0. The summed E-state index contributed by atoms with van der Waals surface area (Å²) in [6.45, 7) is 13.6. The second kappa shape index (κ2) is 12.6. The number of nitrogens with one attached hydrogen (secondary N) is 2. The van der Waals surface area contributed by atoms with Crippen molar-refractivity contribution >= 4 is 29.9 Å². The van der Waals surface area contributed by atoms with Gasteiger partial charge in [0.2, 0.25) is 0 Å². The molecular weight excluding hydrogens is 465 g/mol. The summed E-state index contributed by atoms with van der Waals surface area (Å²) in [5.74, 6) is 0.922. The molecule has 3 fully saturated rings. The molecule has 0 aromatic heterocycles. The van der Waals surface area contributed by atoms with Gasteiger partial charge in [-0.25, -0.2) is 0 Å². The number of halogens is 1. The van der Waals surface area contributed by atoms with Gasteiger partial charge in [0.1, 0.15) is 0 Å². The first kappa shape index (κ1) is 23.4. The number of nitrogens with zero attached hydrogens (tertiary/aromatic N) is 3. The molecule has 3 saturated heterocycles. The minimum Gasteiger partial charge on any atom is -0.374 e. The zero-order valence-electron chi connectivity index (χ0n) is 17.3. The zero-order valence-corrected chi connectivity index (χ0v) is 19.6. The molecule has 7 heteroatoms. The summed E-state index contributed by atoms with van der Waals surface area (Å²) in [4.78, 5) is 9.97. The average molecular weight is 501 g/mol. The number of fused-ring (bicyclic) bond motifs is 3. The SMILES string of the molecule is CCNC(=NCC1CN2CCN1CC2)NCCCOC(C)c1ccccc1.I.